The Kier molecular flexibility index (Phi) is 3.48. The SMILES string of the molecule is Cn1cc(C#N)cc1C(=O)NC[C@@H]1CCn2ccnc2C1. The largest absolute Gasteiger partial charge is 0.350 e. The first-order valence-corrected chi connectivity index (χ1v) is 7.02. The molecule has 1 N–H and O–H groups in total. The fourth-order valence-electron chi connectivity index (χ4n) is 2.77. The van der Waals surface area contributed by atoms with Gasteiger partial charge in [0.05, 0.1) is 5.56 Å². The second-order valence-corrected chi connectivity index (χ2v) is 5.44. The minimum absolute atomic E-state index is 0.132. The van der Waals surface area contributed by atoms with Crippen molar-refractivity contribution in [2.24, 2.45) is 13.0 Å². The molecule has 3 heterocycles. The van der Waals surface area contributed by atoms with Crippen LogP contribution in [-0.4, -0.2) is 26.6 Å². The molecule has 21 heavy (non-hydrogen) atoms. The number of nitriles is 1. The molecule has 2 aromatic heterocycles. The number of aromatic nitrogens is 3. The molecular formula is C15H17N5O. The number of hydrogen-bond donors (Lipinski definition) is 1. The smallest absolute Gasteiger partial charge is 0.267 e. The van der Waals surface area contributed by atoms with Gasteiger partial charge in [0, 0.05) is 45.1 Å². The van der Waals surface area contributed by atoms with E-state index in [4.69, 9.17) is 5.26 Å². The molecule has 6 nitrogen and oxygen atoms in total. The zero-order chi connectivity index (χ0) is 14.8. The molecule has 0 aliphatic carbocycles. The molecule has 1 atom stereocenters. The number of fused-ring (bicyclic) bond motifs is 1. The van der Waals surface area contributed by atoms with Gasteiger partial charge in [0.15, 0.2) is 0 Å². The number of nitrogens with zero attached hydrogens (tertiary/aromatic N) is 4. The molecule has 0 saturated heterocycles. The van der Waals surface area contributed by atoms with E-state index in [-0.39, 0.29) is 5.91 Å². The first-order valence-electron chi connectivity index (χ1n) is 7.02. The Bertz CT molecular complexity index is 706. The zero-order valence-corrected chi connectivity index (χ0v) is 11.9. The fourth-order valence-corrected chi connectivity index (χ4v) is 2.77. The van der Waals surface area contributed by atoms with E-state index in [0.717, 1.165) is 25.2 Å². The lowest BCUT2D eigenvalue weighted by atomic mass is 9.98. The van der Waals surface area contributed by atoms with Crippen LogP contribution in [0.2, 0.25) is 0 Å². The number of aryl methyl sites for hydroxylation is 2. The van der Waals surface area contributed by atoms with Gasteiger partial charge in [-0.2, -0.15) is 5.26 Å². The molecule has 3 rings (SSSR count). The van der Waals surface area contributed by atoms with Crippen LogP contribution in [0.4, 0.5) is 0 Å². The van der Waals surface area contributed by atoms with Gasteiger partial charge in [-0.05, 0) is 18.4 Å². The van der Waals surface area contributed by atoms with Crippen LogP contribution >= 0.6 is 0 Å². The van der Waals surface area contributed by atoms with E-state index < -0.39 is 0 Å². The van der Waals surface area contributed by atoms with Crippen LogP contribution < -0.4 is 5.32 Å². The zero-order valence-electron chi connectivity index (χ0n) is 11.9. The van der Waals surface area contributed by atoms with E-state index in [0.29, 0.717) is 23.7 Å². The van der Waals surface area contributed by atoms with Gasteiger partial charge in [0.25, 0.3) is 5.91 Å². The van der Waals surface area contributed by atoms with E-state index >= 15 is 0 Å². The second kappa shape index (κ2) is 5.44. The summed E-state index contributed by atoms with van der Waals surface area (Å²) in [5.41, 5.74) is 1.02. The van der Waals surface area contributed by atoms with Gasteiger partial charge in [0.2, 0.25) is 0 Å². The third-order valence-corrected chi connectivity index (χ3v) is 3.97. The van der Waals surface area contributed by atoms with Crippen LogP contribution in [0.5, 0.6) is 0 Å². The molecule has 0 spiro atoms. The summed E-state index contributed by atoms with van der Waals surface area (Å²) in [5, 5.41) is 11.8. The predicted molar refractivity (Wildman–Crippen MR) is 76.5 cm³/mol. The van der Waals surface area contributed by atoms with Gasteiger partial charge in [-0.1, -0.05) is 0 Å². The van der Waals surface area contributed by atoms with Crippen molar-refractivity contribution in [3.63, 3.8) is 0 Å². The molecular weight excluding hydrogens is 266 g/mol. The van der Waals surface area contributed by atoms with Crippen LogP contribution in [0.25, 0.3) is 0 Å². The average Bonchev–Trinajstić information content (AvgIpc) is 3.10. The van der Waals surface area contributed by atoms with Crippen molar-refractivity contribution >= 4 is 5.91 Å². The van der Waals surface area contributed by atoms with E-state index in [1.807, 2.05) is 18.5 Å². The number of amides is 1. The molecule has 1 aliphatic heterocycles. The van der Waals surface area contributed by atoms with Crippen LogP contribution in [0.3, 0.4) is 0 Å². The monoisotopic (exact) mass is 283 g/mol. The molecule has 0 aromatic carbocycles. The first kappa shape index (κ1) is 13.4. The summed E-state index contributed by atoms with van der Waals surface area (Å²) in [5.74, 6) is 1.37. The third-order valence-electron chi connectivity index (χ3n) is 3.97. The van der Waals surface area contributed by atoms with Crippen LogP contribution in [0.15, 0.2) is 24.7 Å². The third kappa shape index (κ3) is 2.68. The van der Waals surface area contributed by atoms with Crippen LogP contribution in [0, 0.1) is 17.2 Å². The van der Waals surface area contributed by atoms with Gasteiger partial charge in [-0.15, -0.1) is 0 Å². The molecule has 1 aliphatic rings. The number of hydrogen-bond acceptors (Lipinski definition) is 3. The molecule has 0 saturated carbocycles. The lowest BCUT2D eigenvalue weighted by Gasteiger charge is -2.23. The second-order valence-electron chi connectivity index (χ2n) is 5.44. The first-order chi connectivity index (χ1) is 10.2. The van der Waals surface area contributed by atoms with Crippen LogP contribution in [0.1, 0.15) is 28.3 Å². The lowest BCUT2D eigenvalue weighted by molar-refractivity contribution is 0.0936. The van der Waals surface area contributed by atoms with E-state index in [2.05, 4.69) is 14.9 Å². The van der Waals surface area contributed by atoms with Crippen LogP contribution in [-0.2, 0) is 20.0 Å². The van der Waals surface area contributed by atoms with Gasteiger partial charge in [-0.25, -0.2) is 4.98 Å². The Morgan fingerprint density at radius 1 is 1.62 bits per heavy atom. The van der Waals surface area contributed by atoms with Gasteiger partial charge >= 0.3 is 0 Å². The number of carbonyl (C=O) groups excluding carboxylic acids is 1. The minimum atomic E-state index is -0.132. The van der Waals surface area contributed by atoms with Crippen molar-refractivity contribution in [2.75, 3.05) is 6.54 Å². The van der Waals surface area contributed by atoms with Gasteiger partial charge < -0.3 is 14.5 Å². The highest BCUT2D eigenvalue weighted by Crippen LogP contribution is 2.18. The minimum Gasteiger partial charge on any atom is -0.350 e. The van der Waals surface area contributed by atoms with E-state index in [1.54, 1.807) is 23.9 Å². The summed E-state index contributed by atoms with van der Waals surface area (Å²) in [6.07, 6.45) is 7.41. The maximum absolute atomic E-state index is 12.2. The molecule has 6 heteroatoms. The molecule has 0 unspecified atom stereocenters. The lowest BCUT2D eigenvalue weighted by Crippen LogP contribution is -2.33. The quantitative estimate of drug-likeness (QED) is 0.916. The Hall–Kier alpha value is -2.55. The van der Waals surface area contributed by atoms with Gasteiger partial charge in [0.1, 0.15) is 17.6 Å². The maximum atomic E-state index is 12.2. The highest BCUT2D eigenvalue weighted by atomic mass is 16.1. The summed E-state index contributed by atoms with van der Waals surface area (Å²) in [6.45, 7) is 1.59. The Balaban J connectivity index is 1.59. The number of carbonyl (C=O) groups is 1. The van der Waals surface area contributed by atoms with Crippen molar-refractivity contribution in [1.82, 2.24) is 19.4 Å². The van der Waals surface area contributed by atoms with Crippen molar-refractivity contribution in [1.29, 1.82) is 5.26 Å². The maximum Gasteiger partial charge on any atom is 0.267 e. The van der Waals surface area contributed by atoms with Crippen molar-refractivity contribution < 1.29 is 4.79 Å². The Morgan fingerprint density at radius 3 is 3.24 bits per heavy atom. The average molecular weight is 283 g/mol. The summed E-state index contributed by atoms with van der Waals surface area (Å²) in [4.78, 5) is 16.5. The summed E-state index contributed by atoms with van der Waals surface area (Å²) >= 11 is 0. The molecule has 1 amide bonds. The topological polar surface area (TPSA) is 75.6 Å². The van der Waals surface area contributed by atoms with E-state index in [1.165, 1.54) is 0 Å². The normalized spacial score (nSPS) is 17.0. The fraction of sp³-hybridized carbons (Fsp3) is 0.400. The highest BCUT2D eigenvalue weighted by Gasteiger charge is 2.20. The molecule has 108 valence electrons. The summed E-state index contributed by atoms with van der Waals surface area (Å²) in [7, 11) is 1.77. The standard InChI is InChI=1S/C15H17N5O/c1-19-10-12(8-16)6-13(19)15(21)18-9-11-2-4-20-5-3-17-14(20)7-11/h3,5-6,10-11H,2,4,7,9H2,1H3,(H,18,21)/t11-/m1/s1. The Morgan fingerprint density at radius 2 is 2.48 bits per heavy atom. The number of nitrogens with one attached hydrogen (secondary N) is 1. The number of imidazole rings is 1. The van der Waals surface area contributed by atoms with Crippen molar-refractivity contribution in [3.05, 3.63) is 41.7 Å². The van der Waals surface area contributed by atoms with Crippen molar-refractivity contribution in [2.45, 2.75) is 19.4 Å². The van der Waals surface area contributed by atoms with Gasteiger partial charge in [-0.3, -0.25) is 4.79 Å². The van der Waals surface area contributed by atoms with E-state index in [9.17, 15) is 4.79 Å². The predicted octanol–water partition coefficient (Wildman–Crippen LogP) is 1.09. The molecule has 2 aromatic rings. The molecule has 0 bridgehead atoms. The Labute approximate surface area is 123 Å². The number of rotatable bonds is 3. The summed E-state index contributed by atoms with van der Waals surface area (Å²) < 4.78 is 3.84. The van der Waals surface area contributed by atoms with Crippen molar-refractivity contribution in [3.8, 4) is 6.07 Å². The highest BCUT2D eigenvalue weighted by molar-refractivity contribution is 5.93. The molecule has 0 radical (unpaired) electrons. The molecule has 0 fully saturated rings. The summed E-state index contributed by atoms with van der Waals surface area (Å²) in [6, 6.07) is 3.66.